The van der Waals surface area contributed by atoms with Gasteiger partial charge in [-0.05, 0) is 49.7 Å². The summed E-state index contributed by atoms with van der Waals surface area (Å²) in [6.45, 7) is 4.57. The smallest absolute Gasteiger partial charge is 0.270 e. The first-order chi connectivity index (χ1) is 12.6. The van der Waals surface area contributed by atoms with Crippen LogP contribution < -0.4 is 5.32 Å². The summed E-state index contributed by atoms with van der Waals surface area (Å²) in [5.41, 5.74) is 1.55. The number of carbonyl (C=O) groups excluding carboxylic acids is 1. The Balaban J connectivity index is 1.93. The lowest BCUT2D eigenvalue weighted by molar-refractivity contribution is 0.0945. The van der Waals surface area contributed by atoms with Crippen molar-refractivity contribution in [2.75, 3.05) is 6.54 Å². The van der Waals surface area contributed by atoms with E-state index in [-0.39, 0.29) is 11.7 Å². The molecule has 5 nitrogen and oxygen atoms in total. The maximum absolute atomic E-state index is 13.2. The zero-order chi connectivity index (χ0) is 18.5. The molecule has 0 aliphatic heterocycles. The van der Waals surface area contributed by atoms with Gasteiger partial charge in [0.15, 0.2) is 5.76 Å². The summed E-state index contributed by atoms with van der Waals surface area (Å²) >= 11 is 0. The maximum atomic E-state index is 13.2. The first-order valence-corrected chi connectivity index (χ1v) is 8.79. The van der Waals surface area contributed by atoms with Gasteiger partial charge in [0, 0.05) is 12.6 Å². The number of furan rings is 1. The topological polar surface area (TPSA) is 60.1 Å². The Labute approximate surface area is 151 Å². The van der Waals surface area contributed by atoms with Crippen molar-refractivity contribution >= 4 is 5.91 Å². The molecule has 1 amide bonds. The molecule has 2 heterocycles. The summed E-state index contributed by atoms with van der Waals surface area (Å²) in [6.07, 6.45) is 3.08. The monoisotopic (exact) mass is 355 g/mol. The van der Waals surface area contributed by atoms with Crippen molar-refractivity contribution < 1.29 is 13.6 Å². The summed E-state index contributed by atoms with van der Waals surface area (Å²) in [5, 5.41) is 7.42. The lowest BCUT2D eigenvalue weighted by atomic mass is 10.2. The fourth-order valence-corrected chi connectivity index (χ4v) is 2.68. The van der Waals surface area contributed by atoms with Crippen LogP contribution in [0.15, 0.2) is 46.9 Å². The molecule has 1 aromatic carbocycles. The number of benzene rings is 1. The van der Waals surface area contributed by atoms with Gasteiger partial charge in [-0.2, -0.15) is 5.10 Å². The Morgan fingerprint density at radius 3 is 2.62 bits per heavy atom. The number of aromatic nitrogens is 2. The molecule has 0 saturated heterocycles. The van der Waals surface area contributed by atoms with Crippen LogP contribution in [0, 0.1) is 12.7 Å². The van der Waals surface area contributed by atoms with E-state index in [2.05, 4.69) is 17.3 Å². The fraction of sp³-hybridized carbons (Fsp3) is 0.300. The van der Waals surface area contributed by atoms with Gasteiger partial charge in [-0.15, -0.1) is 0 Å². The van der Waals surface area contributed by atoms with Gasteiger partial charge in [0.05, 0.1) is 5.69 Å². The van der Waals surface area contributed by atoms with E-state index in [4.69, 9.17) is 4.42 Å². The Morgan fingerprint density at radius 2 is 1.96 bits per heavy atom. The Hall–Kier alpha value is -2.89. The molecule has 0 radical (unpaired) electrons. The van der Waals surface area contributed by atoms with E-state index in [1.807, 2.05) is 19.1 Å². The average Bonchev–Trinajstić information content (AvgIpc) is 3.26. The Bertz CT molecular complexity index is 881. The average molecular weight is 355 g/mol. The highest BCUT2D eigenvalue weighted by atomic mass is 19.1. The number of aryl methyl sites for hydroxylation is 1. The van der Waals surface area contributed by atoms with Crippen LogP contribution in [-0.4, -0.2) is 22.2 Å². The number of nitrogens with zero attached hydrogens (tertiary/aromatic N) is 2. The highest BCUT2D eigenvalue weighted by Crippen LogP contribution is 2.24. The zero-order valence-corrected chi connectivity index (χ0v) is 15.0. The molecule has 1 N–H and O–H groups in total. The number of halogens is 1. The van der Waals surface area contributed by atoms with E-state index in [0.717, 1.165) is 25.0 Å². The minimum atomic E-state index is -0.339. The van der Waals surface area contributed by atoms with Crippen LogP contribution in [0.2, 0.25) is 0 Å². The van der Waals surface area contributed by atoms with E-state index in [1.165, 1.54) is 16.8 Å². The summed E-state index contributed by atoms with van der Waals surface area (Å²) in [5.74, 6) is 0.797. The number of hydrogen-bond acceptors (Lipinski definition) is 3. The van der Waals surface area contributed by atoms with Gasteiger partial charge in [0.1, 0.15) is 23.0 Å². The number of rotatable bonds is 7. The van der Waals surface area contributed by atoms with Gasteiger partial charge < -0.3 is 9.73 Å². The van der Waals surface area contributed by atoms with Gasteiger partial charge in [0.25, 0.3) is 5.91 Å². The van der Waals surface area contributed by atoms with Crippen LogP contribution in [0.5, 0.6) is 0 Å². The van der Waals surface area contributed by atoms with Crippen molar-refractivity contribution in [2.24, 2.45) is 0 Å². The first-order valence-electron chi connectivity index (χ1n) is 8.79. The molecule has 0 fully saturated rings. The van der Waals surface area contributed by atoms with Gasteiger partial charge in [-0.1, -0.05) is 19.8 Å². The Morgan fingerprint density at radius 1 is 1.19 bits per heavy atom. The third-order valence-corrected chi connectivity index (χ3v) is 4.07. The van der Waals surface area contributed by atoms with Gasteiger partial charge in [0.2, 0.25) is 0 Å². The second-order valence-electron chi connectivity index (χ2n) is 6.18. The van der Waals surface area contributed by atoms with Crippen LogP contribution in [0.25, 0.3) is 17.1 Å². The molecular weight excluding hydrogens is 333 g/mol. The normalized spacial score (nSPS) is 10.9. The lowest BCUT2D eigenvalue weighted by Gasteiger charge is -2.08. The largest absolute Gasteiger partial charge is 0.460 e. The second-order valence-corrected chi connectivity index (χ2v) is 6.18. The van der Waals surface area contributed by atoms with Gasteiger partial charge in [-0.3, -0.25) is 4.79 Å². The molecular formula is C20H22FN3O2. The summed E-state index contributed by atoms with van der Waals surface area (Å²) in [4.78, 5) is 12.6. The van der Waals surface area contributed by atoms with Crippen LogP contribution in [0.3, 0.4) is 0 Å². The third-order valence-electron chi connectivity index (χ3n) is 4.07. The van der Waals surface area contributed by atoms with Crippen LogP contribution >= 0.6 is 0 Å². The van der Waals surface area contributed by atoms with Gasteiger partial charge in [-0.25, -0.2) is 9.07 Å². The third kappa shape index (κ3) is 4.02. The van der Waals surface area contributed by atoms with E-state index in [0.29, 0.717) is 29.4 Å². The SMILES string of the molecule is CCCCCNC(=O)c1cc(-c2ccc(C)o2)nn1-c1ccc(F)cc1. The molecule has 2 aromatic heterocycles. The summed E-state index contributed by atoms with van der Waals surface area (Å²) in [7, 11) is 0. The fourth-order valence-electron chi connectivity index (χ4n) is 2.68. The van der Waals surface area contributed by atoms with Crippen LogP contribution in [-0.2, 0) is 0 Å². The summed E-state index contributed by atoms with van der Waals surface area (Å²) < 4.78 is 20.4. The quantitative estimate of drug-likeness (QED) is 0.635. The van der Waals surface area contributed by atoms with E-state index in [9.17, 15) is 9.18 Å². The molecule has 26 heavy (non-hydrogen) atoms. The molecule has 136 valence electrons. The van der Waals surface area contributed by atoms with Crippen molar-refractivity contribution in [3.63, 3.8) is 0 Å². The molecule has 3 rings (SSSR count). The second kappa shape index (κ2) is 7.99. The number of carbonyl (C=O) groups is 1. The predicted molar refractivity (Wildman–Crippen MR) is 97.8 cm³/mol. The first kappa shape index (κ1) is 17.9. The minimum Gasteiger partial charge on any atom is -0.460 e. The predicted octanol–water partition coefficient (Wildman–Crippen LogP) is 4.50. The van der Waals surface area contributed by atoms with Crippen molar-refractivity contribution in [3.8, 4) is 17.1 Å². The minimum absolute atomic E-state index is 0.215. The number of nitrogens with one attached hydrogen (secondary N) is 1. The van der Waals surface area contributed by atoms with E-state index < -0.39 is 0 Å². The maximum Gasteiger partial charge on any atom is 0.270 e. The van der Waals surface area contributed by atoms with Crippen molar-refractivity contribution in [3.05, 3.63) is 59.7 Å². The van der Waals surface area contributed by atoms with Crippen molar-refractivity contribution in [1.82, 2.24) is 15.1 Å². The molecule has 0 bridgehead atoms. The van der Waals surface area contributed by atoms with Crippen molar-refractivity contribution in [2.45, 2.75) is 33.1 Å². The molecule has 0 aliphatic carbocycles. The van der Waals surface area contributed by atoms with Gasteiger partial charge >= 0.3 is 0 Å². The molecule has 0 saturated carbocycles. The highest BCUT2D eigenvalue weighted by Gasteiger charge is 2.19. The lowest BCUT2D eigenvalue weighted by Crippen LogP contribution is -2.26. The van der Waals surface area contributed by atoms with Crippen LogP contribution in [0.1, 0.15) is 42.4 Å². The molecule has 0 spiro atoms. The Kier molecular flexibility index (Phi) is 5.51. The number of unbranched alkanes of at least 4 members (excludes halogenated alkanes) is 2. The molecule has 0 atom stereocenters. The standard InChI is InChI=1S/C20H22FN3O2/c1-3-4-5-12-22-20(25)18-13-17(19-11-6-14(2)26-19)23-24(18)16-9-7-15(21)8-10-16/h6-11,13H,3-5,12H2,1-2H3,(H,22,25). The number of hydrogen-bond donors (Lipinski definition) is 1. The van der Waals surface area contributed by atoms with Crippen molar-refractivity contribution in [1.29, 1.82) is 0 Å². The molecule has 0 unspecified atom stereocenters. The number of amides is 1. The van der Waals surface area contributed by atoms with E-state index >= 15 is 0 Å². The highest BCUT2D eigenvalue weighted by molar-refractivity contribution is 5.94. The zero-order valence-electron chi connectivity index (χ0n) is 15.0. The van der Waals surface area contributed by atoms with Crippen LogP contribution in [0.4, 0.5) is 4.39 Å². The molecule has 0 aliphatic rings. The molecule has 6 heteroatoms. The van der Waals surface area contributed by atoms with E-state index in [1.54, 1.807) is 18.2 Å². The molecule has 3 aromatic rings. The summed E-state index contributed by atoms with van der Waals surface area (Å²) in [6, 6.07) is 11.2.